The molecule has 2 nitrogen and oxygen atoms in total. The smallest absolute Gasteiger partial charge is 0.159 e. The lowest BCUT2D eigenvalue weighted by molar-refractivity contribution is 0.658. The summed E-state index contributed by atoms with van der Waals surface area (Å²) in [7, 11) is 0. The molecular formula is C51H35NO. The van der Waals surface area contributed by atoms with Crippen LogP contribution in [0, 0.1) is 0 Å². The third-order valence-electron chi connectivity index (χ3n) is 11.6. The van der Waals surface area contributed by atoms with Crippen LogP contribution in [0.1, 0.15) is 25.0 Å². The van der Waals surface area contributed by atoms with Gasteiger partial charge in [-0.15, -0.1) is 0 Å². The van der Waals surface area contributed by atoms with Gasteiger partial charge < -0.3 is 9.32 Å². The SMILES string of the molecule is CC1(C)c2ccc(-c3ccc4ccccc4c3)cc2-c2c1c1ccccc1c1c2oc2c(N(c3ccccc3)c3ccc4ccccc4c3)cccc21. The minimum atomic E-state index is -0.219. The van der Waals surface area contributed by atoms with Gasteiger partial charge >= 0.3 is 0 Å². The lowest BCUT2D eigenvalue weighted by atomic mass is 9.79. The first kappa shape index (κ1) is 30.0. The zero-order chi connectivity index (χ0) is 35.3. The van der Waals surface area contributed by atoms with Crippen LogP contribution in [0.3, 0.4) is 0 Å². The summed E-state index contributed by atoms with van der Waals surface area (Å²) in [5.74, 6) is 0. The first-order chi connectivity index (χ1) is 26.0. The van der Waals surface area contributed by atoms with Crippen LogP contribution in [0.2, 0.25) is 0 Å². The lowest BCUT2D eigenvalue weighted by Gasteiger charge is -2.25. The number of nitrogens with zero attached hydrogens (tertiary/aromatic N) is 1. The van der Waals surface area contributed by atoms with Crippen molar-refractivity contribution >= 4 is 71.3 Å². The fraction of sp³-hybridized carbons (Fsp3) is 0.0588. The normalized spacial score (nSPS) is 13.2. The number of para-hydroxylation sites is 2. The molecule has 0 unspecified atom stereocenters. The van der Waals surface area contributed by atoms with Crippen molar-refractivity contribution in [1.82, 2.24) is 0 Å². The monoisotopic (exact) mass is 677 g/mol. The average molecular weight is 678 g/mol. The maximum Gasteiger partial charge on any atom is 0.159 e. The van der Waals surface area contributed by atoms with E-state index in [9.17, 15) is 0 Å². The van der Waals surface area contributed by atoms with Crippen molar-refractivity contribution in [2.24, 2.45) is 0 Å². The van der Waals surface area contributed by atoms with E-state index in [1.54, 1.807) is 0 Å². The van der Waals surface area contributed by atoms with Gasteiger partial charge in [-0.25, -0.2) is 0 Å². The van der Waals surface area contributed by atoms with E-state index in [1.807, 2.05) is 0 Å². The van der Waals surface area contributed by atoms with Gasteiger partial charge in [0, 0.05) is 33.1 Å². The van der Waals surface area contributed by atoms with Crippen molar-refractivity contribution in [1.29, 1.82) is 0 Å². The first-order valence-electron chi connectivity index (χ1n) is 18.4. The van der Waals surface area contributed by atoms with Crippen molar-refractivity contribution in [3.63, 3.8) is 0 Å². The molecule has 11 rings (SSSR count). The van der Waals surface area contributed by atoms with Crippen LogP contribution in [0.5, 0.6) is 0 Å². The topological polar surface area (TPSA) is 16.4 Å². The van der Waals surface area contributed by atoms with E-state index < -0.39 is 0 Å². The molecule has 1 heterocycles. The second-order valence-electron chi connectivity index (χ2n) is 14.9. The van der Waals surface area contributed by atoms with Gasteiger partial charge in [0.15, 0.2) is 5.58 Å². The summed E-state index contributed by atoms with van der Waals surface area (Å²) < 4.78 is 7.36. The Labute approximate surface area is 308 Å². The molecule has 0 saturated carbocycles. The molecule has 0 amide bonds. The zero-order valence-electron chi connectivity index (χ0n) is 29.6. The second-order valence-corrected chi connectivity index (χ2v) is 14.9. The van der Waals surface area contributed by atoms with Gasteiger partial charge in [-0.2, -0.15) is 0 Å². The van der Waals surface area contributed by atoms with Crippen molar-refractivity contribution in [3.8, 4) is 22.3 Å². The van der Waals surface area contributed by atoms with E-state index in [4.69, 9.17) is 4.42 Å². The molecule has 0 atom stereocenters. The van der Waals surface area contributed by atoms with Crippen LogP contribution in [0.15, 0.2) is 180 Å². The Balaban J connectivity index is 1.21. The highest BCUT2D eigenvalue weighted by Gasteiger charge is 2.40. The Kier molecular flexibility index (Phi) is 6.33. The summed E-state index contributed by atoms with van der Waals surface area (Å²) >= 11 is 0. The molecule has 0 aliphatic heterocycles. The predicted octanol–water partition coefficient (Wildman–Crippen LogP) is 14.5. The maximum absolute atomic E-state index is 7.36. The molecule has 53 heavy (non-hydrogen) atoms. The molecule has 250 valence electrons. The maximum atomic E-state index is 7.36. The van der Waals surface area contributed by atoms with Crippen LogP contribution in [0.25, 0.3) is 76.5 Å². The van der Waals surface area contributed by atoms with E-state index in [1.165, 1.54) is 71.1 Å². The highest BCUT2D eigenvalue weighted by molar-refractivity contribution is 6.26. The Bertz CT molecular complexity index is 3090. The summed E-state index contributed by atoms with van der Waals surface area (Å²) in [6, 6.07) is 63.9. The lowest BCUT2D eigenvalue weighted by Crippen LogP contribution is -2.15. The van der Waals surface area contributed by atoms with E-state index in [0.717, 1.165) is 33.6 Å². The van der Waals surface area contributed by atoms with E-state index in [-0.39, 0.29) is 5.41 Å². The average Bonchev–Trinajstić information content (AvgIpc) is 3.71. The van der Waals surface area contributed by atoms with E-state index >= 15 is 0 Å². The highest BCUT2D eigenvalue weighted by atomic mass is 16.3. The predicted molar refractivity (Wildman–Crippen MR) is 224 cm³/mol. The van der Waals surface area contributed by atoms with Gasteiger partial charge in [0.05, 0.1) is 5.69 Å². The molecular weight excluding hydrogens is 643 g/mol. The third-order valence-corrected chi connectivity index (χ3v) is 11.6. The highest BCUT2D eigenvalue weighted by Crippen LogP contribution is 2.57. The van der Waals surface area contributed by atoms with Crippen LogP contribution < -0.4 is 4.90 Å². The Morgan fingerprint density at radius 2 is 1.08 bits per heavy atom. The fourth-order valence-corrected chi connectivity index (χ4v) is 9.10. The summed E-state index contributed by atoms with van der Waals surface area (Å²) in [4.78, 5) is 2.34. The number of fused-ring (bicyclic) bond motifs is 12. The number of hydrogen-bond acceptors (Lipinski definition) is 2. The standard InChI is InChI=1S/C51H35NO/c1-51(2)44-28-26-37(36-24-23-32-13-6-8-15-34(32)29-36)31-43(44)47-48(51)41-20-11-10-19-40(41)46-42-21-12-22-45(49(42)53-50(46)47)52(38-17-4-3-5-18-38)39-27-25-33-14-7-9-16-35(33)30-39/h3-31H,1-2H3. The molecule has 10 aromatic rings. The zero-order valence-corrected chi connectivity index (χ0v) is 29.6. The van der Waals surface area contributed by atoms with Gasteiger partial charge in [0.2, 0.25) is 0 Å². The molecule has 0 bridgehead atoms. The van der Waals surface area contributed by atoms with Crippen molar-refractivity contribution in [2.75, 3.05) is 4.90 Å². The van der Waals surface area contributed by atoms with Crippen molar-refractivity contribution in [3.05, 3.63) is 187 Å². The number of hydrogen-bond donors (Lipinski definition) is 0. The number of rotatable bonds is 4. The Morgan fingerprint density at radius 3 is 1.87 bits per heavy atom. The van der Waals surface area contributed by atoms with Gasteiger partial charge in [-0.1, -0.05) is 147 Å². The summed E-state index contributed by atoms with van der Waals surface area (Å²) in [5, 5.41) is 9.72. The summed E-state index contributed by atoms with van der Waals surface area (Å²) in [6.07, 6.45) is 0. The quantitative estimate of drug-likeness (QED) is 0.184. The Morgan fingerprint density at radius 1 is 0.453 bits per heavy atom. The van der Waals surface area contributed by atoms with Gasteiger partial charge in [0.25, 0.3) is 0 Å². The van der Waals surface area contributed by atoms with E-state index in [2.05, 4.69) is 195 Å². The molecule has 0 spiro atoms. The number of anilines is 3. The van der Waals surface area contributed by atoms with E-state index in [0.29, 0.717) is 0 Å². The van der Waals surface area contributed by atoms with Crippen LogP contribution in [-0.4, -0.2) is 0 Å². The minimum Gasteiger partial charge on any atom is -0.453 e. The van der Waals surface area contributed by atoms with Gasteiger partial charge in [-0.05, 0) is 103 Å². The number of furan rings is 1. The minimum absolute atomic E-state index is 0.219. The first-order valence-corrected chi connectivity index (χ1v) is 18.4. The largest absolute Gasteiger partial charge is 0.453 e. The molecule has 0 radical (unpaired) electrons. The fourth-order valence-electron chi connectivity index (χ4n) is 9.10. The Hall–Kier alpha value is -6.64. The van der Waals surface area contributed by atoms with Crippen molar-refractivity contribution < 1.29 is 4.42 Å². The molecule has 9 aromatic carbocycles. The summed E-state index contributed by atoms with van der Waals surface area (Å²) in [5.41, 5.74) is 12.4. The number of benzene rings is 9. The van der Waals surface area contributed by atoms with Gasteiger partial charge in [-0.3, -0.25) is 0 Å². The second kappa shape index (κ2) is 11.2. The van der Waals surface area contributed by atoms with Crippen molar-refractivity contribution in [2.45, 2.75) is 19.3 Å². The molecule has 1 aliphatic carbocycles. The molecule has 0 saturated heterocycles. The molecule has 0 fully saturated rings. The third kappa shape index (κ3) is 4.39. The molecule has 1 aromatic heterocycles. The van der Waals surface area contributed by atoms with Gasteiger partial charge in [0.1, 0.15) is 5.58 Å². The molecule has 2 heteroatoms. The van der Waals surface area contributed by atoms with Crippen LogP contribution >= 0.6 is 0 Å². The molecule has 1 aliphatic rings. The van der Waals surface area contributed by atoms with Crippen LogP contribution in [-0.2, 0) is 5.41 Å². The molecule has 0 N–H and O–H groups in total. The summed E-state index contributed by atoms with van der Waals surface area (Å²) in [6.45, 7) is 4.74. The van der Waals surface area contributed by atoms with Crippen LogP contribution in [0.4, 0.5) is 17.1 Å².